The van der Waals surface area contributed by atoms with Crippen molar-refractivity contribution in [1.29, 1.82) is 0 Å². The molecule has 2 atom stereocenters. The molecule has 0 aromatic carbocycles. The lowest BCUT2D eigenvalue weighted by atomic mass is 9.96. The minimum Gasteiger partial charge on any atom is -0.355 e. The predicted octanol–water partition coefficient (Wildman–Crippen LogP) is 0.444. The van der Waals surface area contributed by atoms with Gasteiger partial charge in [0.15, 0.2) is 0 Å². The van der Waals surface area contributed by atoms with Crippen LogP contribution in [0.3, 0.4) is 0 Å². The lowest BCUT2D eigenvalue weighted by Gasteiger charge is -2.30. The maximum atomic E-state index is 12.0. The first-order chi connectivity index (χ1) is 8.25. The number of amides is 1. The Morgan fingerprint density at radius 3 is 3.00 bits per heavy atom. The number of likely N-dealkylation sites (tertiary alicyclic amines) is 1. The largest absolute Gasteiger partial charge is 0.355 e. The van der Waals surface area contributed by atoms with Gasteiger partial charge in [0.2, 0.25) is 5.91 Å². The summed E-state index contributed by atoms with van der Waals surface area (Å²) in [7, 11) is 2.17. The van der Waals surface area contributed by atoms with Crippen molar-refractivity contribution in [3.8, 4) is 0 Å². The number of carbonyl (C=O) groups is 1. The quantitative estimate of drug-likeness (QED) is 0.751. The summed E-state index contributed by atoms with van der Waals surface area (Å²) in [5.74, 6) is 1.10. The van der Waals surface area contributed by atoms with Crippen LogP contribution in [0.4, 0.5) is 0 Å². The van der Waals surface area contributed by atoms with Gasteiger partial charge in [-0.05, 0) is 51.7 Å². The van der Waals surface area contributed by atoms with Gasteiger partial charge in [-0.3, -0.25) is 4.79 Å². The number of hydrogen-bond acceptors (Lipinski definition) is 3. The highest BCUT2D eigenvalue weighted by Crippen LogP contribution is 2.15. The standard InChI is InChI=1S/C13H25N3O/c1-16-7-3-4-11(10-16)8-15-13(17)12-5-2-6-14-9-12/h11-12,14H,2-10H2,1H3,(H,15,17)/t11?,12-/m0/s1. The van der Waals surface area contributed by atoms with Gasteiger partial charge < -0.3 is 15.5 Å². The minimum absolute atomic E-state index is 0.199. The highest BCUT2D eigenvalue weighted by molar-refractivity contribution is 5.78. The lowest BCUT2D eigenvalue weighted by Crippen LogP contribution is -2.44. The van der Waals surface area contributed by atoms with E-state index >= 15 is 0 Å². The van der Waals surface area contributed by atoms with Gasteiger partial charge in [0.1, 0.15) is 0 Å². The van der Waals surface area contributed by atoms with Crippen LogP contribution in [0.5, 0.6) is 0 Å². The summed E-state index contributed by atoms with van der Waals surface area (Å²) < 4.78 is 0. The molecule has 2 N–H and O–H groups in total. The van der Waals surface area contributed by atoms with Gasteiger partial charge in [-0.15, -0.1) is 0 Å². The molecule has 2 aliphatic heterocycles. The maximum absolute atomic E-state index is 12.0. The van der Waals surface area contributed by atoms with Crippen molar-refractivity contribution in [3.05, 3.63) is 0 Å². The smallest absolute Gasteiger partial charge is 0.224 e. The minimum atomic E-state index is 0.199. The topological polar surface area (TPSA) is 44.4 Å². The monoisotopic (exact) mass is 239 g/mol. The molecule has 1 unspecified atom stereocenters. The average molecular weight is 239 g/mol. The fraction of sp³-hybridized carbons (Fsp3) is 0.923. The van der Waals surface area contributed by atoms with Crippen molar-refractivity contribution < 1.29 is 4.79 Å². The van der Waals surface area contributed by atoms with E-state index < -0.39 is 0 Å². The first-order valence-electron chi connectivity index (χ1n) is 6.92. The van der Waals surface area contributed by atoms with Gasteiger partial charge >= 0.3 is 0 Å². The third kappa shape index (κ3) is 3.96. The van der Waals surface area contributed by atoms with E-state index in [1.54, 1.807) is 0 Å². The van der Waals surface area contributed by atoms with Crippen LogP contribution >= 0.6 is 0 Å². The predicted molar refractivity (Wildman–Crippen MR) is 68.8 cm³/mol. The Kier molecular flexibility index (Phi) is 4.80. The Hall–Kier alpha value is -0.610. The SMILES string of the molecule is CN1CCCC(CNC(=O)[C@H]2CCCNC2)C1. The summed E-state index contributed by atoms with van der Waals surface area (Å²) in [5, 5.41) is 6.43. The van der Waals surface area contributed by atoms with Crippen LogP contribution in [-0.2, 0) is 4.79 Å². The summed E-state index contributed by atoms with van der Waals surface area (Å²) in [6.45, 7) is 5.12. The molecule has 0 radical (unpaired) electrons. The summed E-state index contributed by atoms with van der Waals surface area (Å²) in [4.78, 5) is 14.3. The van der Waals surface area contributed by atoms with E-state index in [4.69, 9.17) is 0 Å². The zero-order chi connectivity index (χ0) is 12.1. The second-order valence-electron chi connectivity index (χ2n) is 5.56. The average Bonchev–Trinajstić information content (AvgIpc) is 2.37. The Morgan fingerprint density at radius 2 is 2.29 bits per heavy atom. The molecular weight excluding hydrogens is 214 g/mol. The lowest BCUT2D eigenvalue weighted by molar-refractivity contribution is -0.125. The summed E-state index contributed by atoms with van der Waals surface area (Å²) >= 11 is 0. The van der Waals surface area contributed by atoms with Crippen molar-refractivity contribution >= 4 is 5.91 Å². The van der Waals surface area contributed by atoms with Crippen molar-refractivity contribution in [3.63, 3.8) is 0 Å². The van der Waals surface area contributed by atoms with Crippen LogP contribution in [0.1, 0.15) is 25.7 Å². The summed E-state index contributed by atoms with van der Waals surface area (Å²) in [6.07, 6.45) is 4.70. The van der Waals surface area contributed by atoms with E-state index in [0.717, 1.165) is 39.0 Å². The van der Waals surface area contributed by atoms with Crippen molar-refractivity contribution in [2.75, 3.05) is 39.8 Å². The van der Waals surface area contributed by atoms with Gasteiger partial charge in [0, 0.05) is 19.6 Å². The van der Waals surface area contributed by atoms with E-state index in [-0.39, 0.29) is 11.8 Å². The third-order valence-corrected chi connectivity index (χ3v) is 3.95. The Balaban J connectivity index is 1.68. The van der Waals surface area contributed by atoms with Crippen molar-refractivity contribution in [2.24, 2.45) is 11.8 Å². The molecule has 4 heteroatoms. The van der Waals surface area contributed by atoms with Gasteiger partial charge in [-0.25, -0.2) is 0 Å². The second-order valence-corrected chi connectivity index (χ2v) is 5.56. The Bertz CT molecular complexity index is 251. The van der Waals surface area contributed by atoms with Crippen LogP contribution in [0.25, 0.3) is 0 Å². The molecule has 2 fully saturated rings. The number of nitrogens with zero attached hydrogens (tertiary/aromatic N) is 1. The number of carbonyl (C=O) groups excluding carboxylic acids is 1. The first kappa shape index (κ1) is 12.8. The highest BCUT2D eigenvalue weighted by atomic mass is 16.1. The molecule has 2 rings (SSSR count). The molecular formula is C13H25N3O. The zero-order valence-corrected chi connectivity index (χ0v) is 10.9. The van der Waals surface area contributed by atoms with Crippen molar-refractivity contribution in [2.45, 2.75) is 25.7 Å². The molecule has 2 saturated heterocycles. The number of rotatable bonds is 3. The Labute approximate surface area is 104 Å². The fourth-order valence-corrected chi connectivity index (χ4v) is 2.90. The van der Waals surface area contributed by atoms with Crippen LogP contribution in [-0.4, -0.2) is 50.6 Å². The first-order valence-corrected chi connectivity index (χ1v) is 6.92. The van der Waals surface area contributed by atoms with E-state index in [1.807, 2.05) is 0 Å². The van der Waals surface area contributed by atoms with Crippen LogP contribution in [0.2, 0.25) is 0 Å². The van der Waals surface area contributed by atoms with Crippen molar-refractivity contribution in [1.82, 2.24) is 15.5 Å². The van der Waals surface area contributed by atoms with Crippen LogP contribution in [0.15, 0.2) is 0 Å². The molecule has 0 aromatic rings. The van der Waals surface area contributed by atoms with E-state index in [9.17, 15) is 4.79 Å². The van der Waals surface area contributed by atoms with E-state index in [2.05, 4.69) is 22.6 Å². The number of nitrogens with one attached hydrogen (secondary N) is 2. The van der Waals surface area contributed by atoms with Crippen LogP contribution < -0.4 is 10.6 Å². The molecule has 0 aliphatic carbocycles. The third-order valence-electron chi connectivity index (χ3n) is 3.95. The molecule has 4 nitrogen and oxygen atoms in total. The maximum Gasteiger partial charge on any atom is 0.224 e. The van der Waals surface area contributed by atoms with Gasteiger partial charge in [0.05, 0.1) is 5.92 Å². The molecule has 17 heavy (non-hydrogen) atoms. The molecule has 98 valence electrons. The zero-order valence-electron chi connectivity index (χ0n) is 10.9. The number of piperidine rings is 2. The molecule has 2 aliphatic rings. The summed E-state index contributed by atoms with van der Waals surface area (Å²) in [5.41, 5.74) is 0. The molecule has 1 amide bonds. The molecule has 2 heterocycles. The highest BCUT2D eigenvalue weighted by Gasteiger charge is 2.22. The van der Waals surface area contributed by atoms with Gasteiger partial charge in [0.25, 0.3) is 0 Å². The van der Waals surface area contributed by atoms with Gasteiger partial charge in [-0.1, -0.05) is 0 Å². The van der Waals surface area contributed by atoms with Crippen LogP contribution in [0, 0.1) is 11.8 Å². The Morgan fingerprint density at radius 1 is 1.41 bits per heavy atom. The summed E-state index contributed by atoms with van der Waals surface area (Å²) in [6, 6.07) is 0. The fourth-order valence-electron chi connectivity index (χ4n) is 2.90. The normalized spacial score (nSPS) is 31.1. The molecule has 0 spiro atoms. The van der Waals surface area contributed by atoms with Gasteiger partial charge in [-0.2, -0.15) is 0 Å². The van der Waals surface area contributed by atoms with E-state index in [1.165, 1.54) is 19.4 Å². The number of hydrogen-bond donors (Lipinski definition) is 2. The molecule has 0 saturated carbocycles. The van der Waals surface area contributed by atoms with E-state index in [0.29, 0.717) is 5.92 Å². The second kappa shape index (κ2) is 6.36. The molecule has 0 bridgehead atoms. The molecule has 0 aromatic heterocycles.